The van der Waals surface area contributed by atoms with Crippen LogP contribution in [-0.4, -0.2) is 6.04 Å². The van der Waals surface area contributed by atoms with Crippen LogP contribution in [0.25, 0.3) is 0 Å². The van der Waals surface area contributed by atoms with Crippen molar-refractivity contribution in [1.82, 2.24) is 5.32 Å². The first kappa shape index (κ1) is 12.4. The normalized spacial score (nSPS) is 38.4. The molecule has 2 heteroatoms. The van der Waals surface area contributed by atoms with Crippen molar-refractivity contribution in [3.05, 3.63) is 21.9 Å². The van der Waals surface area contributed by atoms with Gasteiger partial charge in [0, 0.05) is 17.0 Å². The van der Waals surface area contributed by atoms with Crippen molar-refractivity contribution in [2.75, 3.05) is 0 Å². The van der Waals surface area contributed by atoms with Crippen LogP contribution in [0.2, 0.25) is 0 Å². The fraction of sp³-hybridized carbons (Fsp3) is 0.765. The zero-order chi connectivity index (χ0) is 12.8. The number of fused-ring (bicyclic) bond motifs is 3. The van der Waals surface area contributed by atoms with Gasteiger partial charge in [-0.15, -0.1) is 11.3 Å². The van der Waals surface area contributed by atoms with Crippen molar-refractivity contribution >= 4 is 11.3 Å². The van der Waals surface area contributed by atoms with E-state index in [0.29, 0.717) is 12.1 Å². The van der Waals surface area contributed by atoms with Crippen LogP contribution in [0.1, 0.15) is 61.9 Å². The third kappa shape index (κ3) is 2.17. The highest BCUT2D eigenvalue weighted by Crippen LogP contribution is 2.50. The van der Waals surface area contributed by atoms with Crippen LogP contribution in [0, 0.1) is 17.8 Å². The van der Waals surface area contributed by atoms with Crippen molar-refractivity contribution in [2.24, 2.45) is 17.8 Å². The van der Waals surface area contributed by atoms with Gasteiger partial charge < -0.3 is 5.32 Å². The summed E-state index contributed by atoms with van der Waals surface area (Å²) >= 11 is 1.96. The van der Waals surface area contributed by atoms with Gasteiger partial charge in [-0.05, 0) is 80.2 Å². The SMILES string of the molecule is CC(NC1CCCc2sccc21)C1CC2CCC1C2. The van der Waals surface area contributed by atoms with Crippen LogP contribution >= 0.6 is 11.3 Å². The van der Waals surface area contributed by atoms with Crippen LogP contribution in [0.3, 0.4) is 0 Å². The molecule has 3 aliphatic rings. The second kappa shape index (κ2) is 4.89. The van der Waals surface area contributed by atoms with E-state index in [0.717, 1.165) is 17.8 Å². The molecular weight excluding hydrogens is 250 g/mol. The molecule has 4 rings (SSSR count). The molecule has 1 aromatic rings. The minimum absolute atomic E-state index is 0.643. The molecule has 0 radical (unpaired) electrons. The van der Waals surface area contributed by atoms with Gasteiger partial charge in [-0.3, -0.25) is 0 Å². The molecule has 1 N–H and O–H groups in total. The van der Waals surface area contributed by atoms with Crippen molar-refractivity contribution in [1.29, 1.82) is 0 Å². The third-order valence-corrected chi connectivity index (χ3v) is 6.95. The Morgan fingerprint density at radius 3 is 3.00 bits per heavy atom. The van der Waals surface area contributed by atoms with E-state index in [-0.39, 0.29) is 0 Å². The molecule has 5 unspecified atom stereocenters. The van der Waals surface area contributed by atoms with E-state index in [1.165, 1.54) is 44.9 Å². The molecule has 0 aliphatic heterocycles. The molecule has 0 amide bonds. The average Bonchev–Trinajstić information content (AvgIpc) is 3.14. The fourth-order valence-corrected chi connectivity index (χ4v) is 5.99. The highest BCUT2D eigenvalue weighted by Gasteiger charge is 2.42. The number of hydrogen-bond acceptors (Lipinski definition) is 2. The van der Waals surface area contributed by atoms with Gasteiger partial charge in [0.15, 0.2) is 0 Å². The van der Waals surface area contributed by atoms with Crippen LogP contribution in [0.15, 0.2) is 11.4 Å². The highest BCUT2D eigenvalue weighted by molar-refractivity contribution is 7.10. The van der Waals surface area contributed by atoms with E-state index < -0.39 is 0 Å². The summed E-state index contributed by atoms with van der Waals surface area (Å²) in [6.07, 6.45) is 10.1. The summed E-state index contributed by atoms with van der Waals surface area (Å²) in [7, 11) is 0. The van der Waals surface area contributed by atoms with Gasteiger partial charge in [0.25, 0.3) is 0 Å². The molecule has 5 atom stereocenters. The van der Waals surface area contributed by atoms with E-state index >= 15 is 0 Å². The maximum atomic E-state index is 3.99. The molecule has 2 saturated carbocycles. The van der Waals surface area contributed by atoms with E-state index in [1.54, 1.807) is 10.4 Å². The van der Waals surface area contributed by atoms with Gasteiger partial charge in [0.05, 0.1) is 0 Å². The number of thiophene rings is 1. The Bertz CT molecular complexity index is 452. The summed E-state index contributed by atoms with van der Waals surface area (Å²) in [6.45, 7) is 2.45. The van der Waals surface area contributed by atoms with Gasteiger partial charge >= 0.3 is 0 Å². The Morgan fingerprint density at radius 1 is 1.26 bits per heavy atom. The maximum absolute atomic E-state index is 3.99. The standard InChI is InChI=1S/C17H25NS/c1-11(15-10-12-5-6-13(15)9-12)18-16-3-2-4-17-14(16)7-8-19-17/h7-8,11-13,15-16,18H,2-6,9-10H2,1H3. The zero-order valence-corrected chi connectivity index (χ0v) is 12.7. The van der Waals surface area contributed by atoms with Gasteiger partial charge in [0.1, 0.15) is 0 Å². The van der Waals surface area contributed by atoms with E-state index in [9.17, 15) is 0 Å². The first-order chi connectivity index (χ1) is 9.31. The summed E-state index contributed by atoms with van der Waals surface area (Å²) < 4.78 is 0. The summed E-state index contributed by atoms with van der Waals surface area (Å²) in [5.74, 6) is 3.07. The predicted octanol–water partition coefficient (Wildman–Crippen LogP) is 4.54. The molecule has 0 saturated heterocycles. The maximum Gasteiger partial charge on any atom is 0.0333 e. The summed E-state index contributed by atoms with van der Waals surface area (Å²) in [6, 6.07) is 3.72. The molecule has 0 aromatic carbocycles. The molecule has 1 aromatic heterocycles. The molecule has 3 aliphatic carbocycles. The lowest BCUT2D eigenvalue weighted by Gasteiger charge is -2.33. The van der Waals surface area contributed by atoms with E-state index in [4.69, 9.17) is 0 Å². The Hall–Kier alpha value is -0.340. The summed E-state index contributed by atoms with van der Waals surface area (Å²) in [4.78, 5) is 1.64. The monoisotopic (exact) mass is 275 g/mol. The first-order valence-electron chi connectivity index (χ1n) is 8.13. The molecule has 2 fully saturated rings. The highest BCUT2D eigenvalue weighted by atomic mass is 32.1. The van der Waals surface area contributed by atoms with Crippen molar-refractivity contribution in [3.63, 3.8) is 0 Å². The molecule has 104 valence electrons. The Morgan fingerprint density at radius 2 is 2.21 bits per heavy atom. The smallest absolute Gasteiger partial charge is 0.0333 e. The largest absolute Gasteiger partial charge is 0.307 e. The summed E-state index contributed by atoms with van der Waals surface area (Å²) in [5.41, 5.74) is 1.62. The molecule has 0 spiro atoms. The van der Waals surface area contributed by atoms with E-state index in [1.807, 2.05) is 11.3 Å². The lowest BCUT2D eigenvalue weighted by Crippen LogP contribution is -2.39. The lowest BCUT2D eigenvalue weighted by molar-refractivity contribution is 0.239. The Labute approximate surface area is 120 Å². The number of aryl methyl sites for hydroxylation is 1. The fourth-order valence-electron chi connectivity index (χ4n) is 5.01. The second-order valence-electron chi connectivity index (χ2n) is 7.04. The minimum Gasteiger partial charge on any atom is -0.307 e. The number of hydrogen-bond donors (Lipinski definition) is 1. The Balaban J connectivity index is 1.45. The zero-order valence-electron chi connectivity index (χ0n) is 11.9. The quantitative estimate of drug-likeness (QED) is 0.854. The lowest BCUT2D eigenvalue weighted by atomic mass is 9.83. The topological polar surface area (TPSA) is 12.0 Å². The van der Waals surface area contributed by atoms with Crippen LogP contribution in [0.4, 0.5) is 0 Å². The third-order valence-electron chi connectivity index (χ3n) is 5.95. The van der Waals surface area contributed by atoms with Gasteiger partial charge in [-0.2, -0.15) is 0 Å². The second-order valence-corrected chi connectivity index (χ2v) is 8.04. The van der Waals surface area contributed by atoms with Crippen molar-refractivity contribution in [3.8, 4) is 0 Å². The van der Waals surface area contributed by atoms with Gasteiger partial charge in [-0.25, -0.2) is 0 Å². The van der Waals surface area contributed by atoms with Crippen LogP contribution in [0.5, 0.6) is 0 Å². The van der Waals surface area contributed by atoms with Gasteiger partial charge in [0.2, 0.25) is 0 Å². The van der Waals surface area contributed by atoms with Crippen molar-refractivity contribution in [2.45, 2.75) is 64.0 Å². The molecule has 19 heavy (non-hydrogen) atoms. The Kier molecular flexibility index (Phi) is 3.19. The molecular formula is C17H25NS. The summed E-state index contributed by atoms with van der Waals surface area (Å²) in [5, 5.41) is 6.28. The molecule has 2 bridgehead atoms. The number of rotatable bonds is 3. The predicted molar refractivity (Wildman–Crippen MR) is 81.5 cm³/mol. The first-order valence-corrected chi connectivity index (χ1v) is 9.01. The van der Waals surface area contributed by atoms with Crippen LogP contribution < -0.4 is 5.32 Å². The molecule has 1 heterocycles. The van der Waals surface area contributed by atoms with Crippen molar-refractivity contribution < 1.29 is 0 Å². The minimum atomic E-state index is 0.643. The number of nitrogens with one attached hydrogen (secondary N) is 1. The average molecular weight is 275 g/mol. The van der Waals surface area contributed by atoms with Gasteiger partial charge in [-0.1, -0.05) is 6.42 Å². The molecule has 1 nitrogen and oxygen atoms in total. The van der Waals surface area contributed by atoms with Crippen LogP contribution in [-0.2, 0) is 6.42 Å². The van der Waals surface area contributed by atoms with E-state index in [2.05, 4.69) is 23.7 Å².